The Morgan fingerprint density at radius 1 is 1.24 bits per heavy atom. The van der Waals surface area contributed by atoms with E-state index in [1.165, 1.54) is 32.1 Å². The van der Waals surface area contributed by atoms with Crippen molar-refractivity contribution in [2.24, 2.45) is 5.92 Å². The first-order chi connectivity index (χ1) is 11.6. The molecule has 1 aliphatic carbocycles. The van der Waals surface area contributed by atoms with Crippen molar-refractivity contribution in [2.75, 3.05) is 0 Å². The minimum absolute atomic E-state index is 0.0515. The summed E-state index contributed by atoms with van der Waals surface area (Å²) in [4.78, 5) is 14.8. The molecule has 2 aliphatic rings. The van der Waals surface area contributed by atoms with Crippen LogP contribution in [-0.2, 0) is 9.47 Å². The summed E-state index contributed by atoms with van der Waals surface area (Å²) in [7, 11) is 0. The fourth-order valence-electron chi connectivity index (χ4n) is 4.12. The number of allylic oxidation sites excluding steroid dienone is 1. The molecule has 2 fully saturated rings. The summed E-state index contributed by atoms with van der Waals surface area (Å²) >= 11 is 0. The molecule has 1 aliphatic heterocycles. The molecule has 2 atom stereocenters. The molecule has 4 nitrogen and oxygen atoms in total. The number of nitrogens with zero attached hydrogens (tertiary/aromatic N) is 1. The van der Waals surface area contributed by atoms with Gasteiger partial charge in [0.05, 0.1) is 12.1 Å². The molecule has 25 heavy (non-hydrogen) atoms. The van der Waals surface area contributed by atoms with Gasteiger partial charge in [-0.15, -0.1) is 0 Å². The van der Waals surface area contributed by atoms with Crippen molar-refractivity contribution in [3.8, 4) is 0 Å². The Labute approximate surface area is 153 Å². The molecule has 1 saturated heterocycles. The van der Waals surface area contributed by atoms with Gasteiger partial charge in [0.1, 0.15) is 11.3 Å². The van der Waals surface area contributed by atoms with Crippen molar-refractivity contribution in [3.05, 3.63) is 12.2 Å². The van der Waals surface area contributed by atoms with Crippen LogP contribution >= 0.6 is 0 Å². The number of rotatable bonds is 4. The van der Waals surface area contributed by atoms with Gasteiger partial charge in [-0.05, 0) is 53.4 Å². The third-order valence-corrected chi connectivity index (χ3v) is 5.17. The molecule has 0 bridgehead atoms. The Bertz CT molecular complexity index is 472. The summed E-state index contributed by atoms with van der Waals surface area (Å²) in [6.45, 7) is 11.8. The van der Waals surface area contributed by atoms with Gasteiger partial charge < -0.3 is 9.47 Å². The van der Waals surface area contributed by atoms with Gasteiger partial charge in [0.25, 0.3) is 0 Å². The van der Waals surface area contributed by atoms with Crippen LogP contribution < -0.4 is 0 Å². The second-order valence-electron chi connectivity index (χ2n) is 9.02. The largest absolute Gasteiger partial charge is 0.444 e. The third-order valence-electron chi connectivity index (χ3n) is 5.17. The van der Waals surface area contributed by atoms with E-state index in [-0.39, 0.29) is 18.2 Å². The van der Waals surface area contributed by atoms with E-state index >= 15 is 0 Å². The molecule has 0 radical (unpaired) electrons. The van der Waals surface area contributed by atoms with Crippen LogP contribution in [0.15, 0.2) is 12.2 Å². The molecule has 0 N–H and O–H groups in total. The average molecular weight is 352 g/mol. The van der Waals surface area contributed by atoms with E-state index in [9.17, 15) is 4.79 Å². The van der Waals surface area contributed by atoms with Gasteiger partial charge in [-0.1, -0.05) is 51.2 Å². The quantitative estimate of drug-likeness (QED) is 0.613. The summed E-state index contributed by atoms with van der Waals surface area (Å²) in [6, 6.07) is 0.0516. The summed E-state index contributed by atoms with van der Waals surface area (Å²) in [6.07, 6.45) is 12.4. The molecule has 0 spiro atoms. The highest BCUT2D eigenvalue weighted by molar-refractivity contribution is 5.70. The van der Waals surface area contributed by atoms with E-state index in [2.05, 4.69) is 19.1 Å². The molecule has 1 heterocycles. The first kappa shape index (κ1) is 20.3. The summed E-state index contributed by atoms with van der Waals surface area (Å²) < 4.78 is 12.0. The van der Waals surface area contributed by atoms with Crippen molar-refractivity contribution < 1.29 is 14.3 Å². The fourth-order valence-corrected chi connectivity index (χ4v) is 4.12. The van der Waals surface area contributed by atoms with E-state index in [4.69, 9.17) is 9.47 Å². The lowest BCUT2D eigenvalue weighted by Gasteiger charge is -2.36. The van der Waals surface area contributed by atoms with Crippen molar-refractivity contribution >= 4 is 6.09 Å². The van der Waals surface area contributed by atoms with Gasteiger partial charge in [0.2, 0.25) is 0 Å². The zero-order valence-corrected chi connectivity index (χ0v) is 17.0. The molecule has 1 amide bonds. The van der Waals surface area contributed by atoms with Crippen molar-refractivity contribution in [2.45, 2.75) is 110 Å². The van der Waals surface area contributed by atoms with Crippen LogP contribution in [0.2, 0.25) is 0 Å². The fraction of sp³-hybridized carbons (Fsp3) is 0.857. The van der Waals surface area contributed by atoms with Gasteiger partial charge in [-0.3, -0.25) is 4.90 Å². The zero-order valence-electron chi connectivity index (χ0n) is 17.0. The van der Waals surface area contributed by atoms with Crippen molar-refractivity contribution in [1.29, 1.82) is 0 Å². The number of carbonyl (C=O) groups is 1. The normalized spacial score (nSPS) is 27.8. The maximum absolute atomic E-state index is 12.9. The molecule has 0 unspecified atom stereocenters. The first-order valence-corrected chi connectivity index (χ1v) is 10.0. The molecule has 4 heteroatoms. The predicted octanol–water partition coefficient (Wildman–Crippen LogP) is 5.66. The van der Waals surface area contributed by atoms with Crippen LogP contribution in [0.1, 0.15) is 86.5 Å². The molecule has 1 saturated carbocycles. The lowest BCUT2D eigenvalue weighted by atomic mass is 9.83. The van der Waals surface area contributed by atoms with Gasteiger partial charge >= 0.3 is 6.09 Å². The number of hydrogen-bond donors (Lipinski definition) is 0. The second kappa shape index (κ2) is 8.11. The zero-order chi connectivity index (χ0) is 18.7. The van der Waals surface area contributed by atoms with E-state index < -0.39 is 11.3 Å². The number of carbonyl (C=O) groups excluding carboxylic acids is 1. The maximum Gasteiger partial charge on any atom is 0.412 e. The monoisotopic (exact) mass is 351 g/mol. The Balaban J connectivity index is 2.23. The summed E-state index contributed by atoms with van der Waals surface area (Å²) in [5.74, 6) is 0.679. The van der Waals surface area contributed by atoms with E-state index in [1.54, 1.807) is 0 Å². The number of amides is 1. The lowest BCUT2D eigenvalue weighted by Crippen LogP contribution is -2.50. The highest BCUT2D eigenvalue weighted by Crippen LogP contribution is 2.39. The second-order valence-corrected chi connectivity index (χ2v) is 9.02. The van der Waals surface area contributed by atoms with Gasteiger partial charge in [-0.2, -0.15) is 0 Å². The van der Waals surface area contributed by atoms with Gasteiger partial charge in [0.15, 0.2) is 0 Å². The lowest BCUT2D eigenvalue weighted by molar-refractivity contribution is -0.0719. The third kappa shape index (κ3) is 5.47. The Hall–Kier alpha value is -1.03. The Morgan fingerprint density at radius 2 is 1.88 bits per heavy atom. The van der Waals surface area contributed by atoms with E-state index in [0.29, 0.717) is 5.92 Å². The minimum atomic E-state index is -0.648. The van der Waals surface area contributed by atoms with Crippen LogP contribution in [0.3, 0.4) is 0 Å². The average Bonchev–Trinajstić information content (AvgIpc) is 2.74. The van der Waals surface area contributed by atoms with Crippen molar-refractivity contribution in [1.82, 2.24) is 4.90 Å². The Kier molecular flexibility index (Phi) is 6.58. The molecule has 0 aromatic carbocycles. The Morgan fingerprint density at radius 3 is 2.44 bits per heavy atom. The van der Waals surface area contributed by atoms with Crippen molar-refractivity contribution in [3.63, 3.8) is 0 Å². The SMILES string of the molecule is CC/C=C\[C@@H]1OC(C)(C)N(C(=O)OC(C)(C)C)[C@H]1CC1CCCCC1. The molecule has 0 aromatic heterocycles. The van der Waals surface area contributed by atoms with E-state index in [1.807, 2.05) is 39.5 Å². The molecule has 2 rings (SSSR count). The standard InChI is InChI=1S/C21H37NO3/c1-7-8-14-18-17(15-16-12-10-9-11-13-16)22(21(5,6)24-18)19(23)25-20(2,3)4/h8,14,16-18H,7,9-13,15H2,1-6H3/b14-8-/t17-,18-/m0/s1. The highest BCUT2D eigenvalue weighted by atomic mass is 16.6. The minimum Gasteiger partial charge on any atom is -0.444 e. The molecular weight excluding hydrogens is 314 g/mol. The predicted molar refractivity (Wildman–Crippen MR) is 101 cm³/mol. The highest BCUT2D eigenvalue weighted by Gasteiger charge is 2.50. The van der Waals surface area contributed by atoms with Crippen LogP contribution in [0.5, 0.6) is 0 Å². The van der Waals surface area contributed by atoms with Gasteiger partial charge in [0, 0.05) is 0 Å². The number of ether oxygens (including phenoxy) is 2. The first-order valence-electron chi connectivity index (χ1n) is 10.0. The molecule has 144 valence electrons. The number of hydrogen-bond acceptors (Lipinski definition) is 3. The topological polar surface area (TPSA) is 38.8 Å². The van der Waals surface area contributed by atoms with Crippen LogP contribution in [0.4, 0.5) is 4.79 Å². The molecule has 0 aromatic rings. The van der Waals surface area contributed by atoms with Gasteiger partial charge in [-0.25, -0.2) is 4.79 Å². The summed E-state index contributed by atoms with van der Waals surface area (Å²) in [5.41, 5.74) is -1.15. The van der Waals surface area contributed by atoms with E-state index in [0.717, 1.165) is 12.8 Å². The smallest absolute Gasteiger partial charge is 0.412 e. The summed E-state index contributed by atoms with van der Waals surface area (Å²) in [5, 5.41) is 0. The maximum atomic E-state index is 12.9. The molecular formula is C21H37NO3. The van der Waals surface area contributed by atoms with Crippen LogP contribution in [0, 0.1) is 5.92 Å². The van der Waals surface area contributed by atoms with Crippen LogP contribution in [0.25, 0.3) is 0 Å². The van der Waals surface area contributed by atoms with Crippen LogP contribution in [-0.4, -0.2) is 34.5 Å².